The molecule has 4 atom stereocenters. The van der Waals surface area contributed by atoms with Gasteiger partial charge in [0.05, 0.1) is 7.11 Å². The first-order valence-corrected chi connectivity index (χ1v) is 12.9. The fraction of sp³-hybridized carbons (Fsp3) is 0.321. The molecule has 0 aromatic heterocycles. The Morgan fingerprint density at radius 1 is 1.08 bits per heavy atom. The number of carbonyl (C=O) groups is 1. The molecule has 208 valence electrons. The zero-order valence-electron chi connectivity index (χ0n) is 21.1. The molecule has 39 heavy (non-hydrogen) atoms. The van der Waals surface area contributed by atoms with Crippen molar-refractivity contribution in [3.05, 3.63) is 89.2 Å². The number of anilines is 1. The standard InChI is InChI=1S/C28H25F6NO3S/c1-15-22(20-9-10-21(30)23(31)24(20)37-3)25(38-27(15,2)28(32,33)34)26(36)35-18-11-17(29)12-19(13-18)39-14-16-7-5-4-6-8-16/h4-13,15,22,25H,14H2,1-3H3,(H,35,36)/t15-,22-,25+,27+/m0/s1. The summed E-state index contributed by atoms with van der Waals surface area (Å²) in [4.78, 5) is 13.9. The molecule has 0 saturated carbocycles. The third-order valence-electron chi connectivity index (χ3n) is 6.96. The molecular weight excluding hydrogens is 544 g/mol. The molecule has 1 N–H and O–H groups in total. The number of hydrogen-bond donors (Lipinski definition) is 1. The summed E-state index contributed by atoms with van der Waals surface area (Å²) in [5.74, 6) is -7.21. The smallest absolute Gasteiger partial charge is 0.417 e. The molecule has 4 nitrogen and oxygen atoms in total. The van der Waals surface area contributed by atoms with Crippen molar-refractivity contribution in [2.45, 2.75) is 48.3 Å². The quantitative estimate of drug-likeness (QED) is 0.237. The summed E-state index contributed by atoms with van der Waals surface area (Å²) in [6.45, 7) is 2.01. The zero-order chi connectivity index (χ0) is 28.5. The highest BCUT2D eigenvalue weighted by atomic mass is 32.2. The Hall–Kier alpha value is -3.18. The molecule has 0 aliphatic carbocycles. The van der Waals surface area contributed by atoms with Crippen LogP contribution in [0.15, 0.2) is 65.6 Å². The molecule has 11 heteroatoms. The number of nitrogens with one attached hydrogen (secondary N) is 1. The molecule has 1 aliphatic heterocycles. The molecule has 1 aliphatic rings. The number of hydrogen-bond acceptors (Lipinski definition) is 4. The zero-order valence-corrected chi connectivity index (χ0v) is 21.9. The number of ether oxygens (including phenoxy) is 2. The molecule has 1 amide bonds. The van der Waals surface area contributed by atoms with Crippen LogP contribution in [0.3, 0.4) is 0 Å². The average molecular weight is 570 g/mol. The highest BCUT2D eigenvalue weighted by Gasteiger charge is 2.65. The van der Waals surface area contributed by atoms with Crippen LogP contribution in [0, 0.1) is 23.4 Å². The third kappa shape index (κ3) is 5.74. The number of amides is 1. The monoisotopic (exact) mass is 569 g/mol. The lowest BCUT2D eigenvalue weighted by atomic mass is 9.77. The first-order valence-electron chi connectivity index (χ1n) is 11.9. The van der Waals surface area contributed by atoms with Gasteiger partial charge in [0, 0.05) is 33.7 Å². The van der Waals surface area contributed by atoms with Crippen LogP contribution >= 0.6 is 11.8 Å². The Morgan fingerprint density at radius 3 is 2.41 bits per heavy atom. The van der Waals surface area contributed by atoms with Crippen LogP contribution in [-0.2, 0) is 15.3 Å². The lowest BCUT2D eigenvalue weighted by Crippen LogP contribution is -2.47. The minimum absolute atomic E-state index is 0.00317. The maximum Gasteiger partial charge on any atom is 0.417 e. The summed E-state index contributed by atoms with van der Waals surface area (Å²) >= 11 is 1.30. The number of halogens is 6. The van der Waals surface area contributed by atoms with Crippen molar-refractivity contribution in [3.63, 3.8) is 0 Å². The second-order valence-electron chi connectivity index (χ2n) is 9.38. The fourth-order valence-electron chi connectivity index (χ4n) is 4.71. The lowest BCUT2D eigenvalue weighted by Gasteiger charge is -2.32. The van der Waals surface area contributed by atoms with Gasteiger partial charge in [-0.3, -0.25) is 4.79 Å². The maximum atomic E-state index is 14.5. The van der Waals surface area contributed by atoms with Crippen molar-refractivity contribution < 1.29 is 40.6 Å². The topological polar surface area (TPSA) is 47.6 Å². The Morgan fingerprint density at radius 2 is 1.77 bits per heavy atom. The molecule has 0 spiro atoms. The molecule has 1 heterocycles. The van der Waals surface area contributed by atoms with E-state index in [0.29, 0.717) is 10.6 Å². The molecule has 1 fully saturated rings. The minimum atomic E-state index is -4.90. The maximum absolute atomic E-state index is 14.5. The summed E-state index contributed by atoms with van der Waals surface area (Å²) in [5, 5.41) is 2.44. The second kappa shape index (κ2) is 11.1. The predicted octanol–water partition coefficient (Wildman–Crippen LogP) is 7.48. The molecule has 3 aromatic rings. The average Bonchev–Trinajstić information content (AvgIpc) is 3.16. The molecule has 0 radical (unpaired) electrons. The second-order valence-corrected chi connectivity index (χ2v) is 10.4. The first kappa shape index (κ1) is 28.8. The normalized spacial score (nSPS) is 23.1. The van der Waals surface area contributed by atoms with Crippen molar-refractivity contribution in [2.24, 2.45) is 5.92 Å². The number of thioether (sulfide) groups is 1. The van der Waals surface area contributed by atoms with E-state index in [1.807, 2.05) is 30.3 Å². The number of alkyl halides is 3. The van der Waals surface area contributed by atoms with Crippen LogP contribution < -0.4 is 10.1 Å². The van der Waals surface area contributed by atoms with E-state index in [-0.39, 0.29) is 11.3 Å². The molecule has 4 rings (SSSR count). The van der Waals surface area contributed by atoms with Crippen LogP contribution in [0.4, 0.5) is 32.0 Å². The van der Waals surface area contributed by atoms with Gasteiger partial charge in [-0.2, -0.15) is 17.6 Å². The molecule has 0 bridgehead atoms. The largest absolute Gasteiger partial charge is 0.493 e. The van der Waals surface area contributed by atoms with Crippen molar-refractivity contribution in [2.75, 3.05) is 12.4 Å². The van der Waals surface area contributed by atoms with E-state index < -0.39 is 58.8 Å². The molecule has 0 unspecified atom stereocenters. The van der Waals surface area contributed by atoms with Gasteiger partial charge in [-0.15, -0.1) is 11.8 Å². The van der Waals surface area contributed by atoms with Gasteiger partial charge >= 0.3 is 6.18 Å². The van der Waals surface area contributed by atoms with Crippen molar-refractivity contribution in [1.29, 1.82) is 0 Å². The predicted molar refractivity (Wildman–Crippen MR) is 135 cm³/mol. The van der Waals surface area contributed by atoms with Crippen molar-refractivity contribution >= 4 is 23.4 Å². The SMILES string of the molecule is COc1c([C@H]2[C@H](C(=O)Nc3cc(F)cc(SCc4ccccc4)c3)O[C@@](C)(C(F)(F)F)[C@H]2C)ccc(F)c1F. The van der Waals surface area contributed by atoms with Gasteiger partial charge in [0.1, 0.15) is 11.9 Å². The first-order chi connectivity index (χ1) is 18.4. The van der Waals surface area contributed by atoms with E-state index in [1.165, 1.54) is 30.8 Å². The summed E-state index contributed by atoms with van der Waals surface area (Å²) < 4.78 is 95.5. The molecule has 3 aromatic carbocycles. The Kier molecular flexibility index (Phi) is 8.22. The fourth-order valence-corrected chi connectivity index (χ4v) is 5.64. The van der Waals surface area contributed by atoms with Gasteiger partial charge in [0.2, 0.25) is 5.82 Å². The number of carbonyl (C=O) groups excluding carboxylic acids is 1. The van der Waals surface area contributed by atoms with E-state index in [9.17, 15) is 31.1 Å². The van der Waals surface area contributed by atoms with Gasteiger partial charge in [-0.05, 0) is 36.8 Å². The van der Waals surface area contributed by atoms with E-state index in [2.05, 4.69) is 5.32 Å². The van der Waals surface area contributed by atoms with Gasteiger partial charge in [0.15, 0.2) is 17.2 Å². The van der Waals surface area contributed by atoms with Crippen molar-refractivity contribution in [1.82, 2.24) is 0 Å². The van der Waals surface area contributed by atoms with Crippen molar-refractivity contribution in [3.8, 4) is 5.75 Å². The highest BCUT2D eigenvalue weighted by Crippen LogP contribution is 2.55. The summed E-state index contributed by atoms with van der Waals surface area (Å²) in [6, 6.07) is 15.0. The van der Waals surface area contributed by atoms with E-state index in [0.717, 1.165) is 37.8 Å². The van der Waals surface area contributed by atoms with E-state index in [1.54, 1.807) is 0 Å². The van der Waals surface area contributed by atoms with Gasteiger partial charge in [-0.25, -0.2) is 8.78 Å². The van der Waals surface area contributed by atoms with Crippen LogP contribution in [0.2, 0.25) is 0 Å². The number of benzene rings is 3. The van der Waals surface area contributed by atoms with E-state index >= 15 is 0 Å². The van der Waals surface area contributed by atoms with Crippen LogP contribution in [0.1, 0.15) is 30.9 Å². The van der Waals surface area contributed by atoms with Crippen LogP contribution in [-0.4, -0.2) is 30.9 Å². The van der Waals surface area contributed by atoms with Gasteiger partial charge in [0.25, 0.3) is 5.91 Å². The Labute approximate surface area is 225 Å². The number of rotatable bonds is 7. The number of methoxy groups -OCH3 is 1. The van der Waals surface area contributed by atoms with Gasteiger partial charge < -0.3 is 14.8 Å². The lowest BCUT2D eigenvalue weighted by molar-refractivity contribution is -0.272. The molecule has 1 saturated heterocycles. The summed E-state index contributed by atoms with van der Waals surface area (Å²) in [6.07, 6.45) is -6.68. The Balaban J connectivity index is 1.66. The minimum Gasteiger partial charge on any atom is -0.493 e. The Bertz CT molecular complexity index is 1350. The summed E-state index contributed by atoms with van der Waals surface area (Å²) in [5.41, 5.74) is -1.96. The van der Waals surface area contributed by atoms with Gasteiger partial charge in [-0.1, -0.05) is 43.3 Å². The van der Waals surface area contributed by atoms with E-state index in [4.69, 9.17) is 9.47 Å². The summed E-state index contributed by atoms with van der Waals surface area (Å²) in [7, 11) is 1.04. The highest BCUT2D eigenvalue weighted by molar-refractivity contribution is 7.98. The molecular formula is C28H25F6NO3S. The third-order valence-corrected chi connectivity index (χ3v) is 8.00. The van der Waals surface area contributed by atoms with Crippen LogP contribution in [0.25, 0.3) is 0 Å². The van der Waals surface area contributed by atoms with Crippen LogP contribution in [0.5, 0.6) is 5.75 Å².